The molecular formula is C14H28N2O5. The smallest absolute Gasteiger partial charge is 0.158 e. The standard InChI is InChI=1S/C14H28N2O5/c15-9-3-10(16-11(6-17)7-18)5-13(4-9)21-14-2-1-12(8-19)20-14/h9-14,16-19H,1-8,15H2. The molecule has 2 rings (SSSR count). The summed E-state index contributed by atoms with van der Waals surface area (Å²) in [6.45, 7) is -0.168. The highest BCUT2D eigenvalue weighted by molar-refractivity contribution is 4.88. The zero-order chi connectivity index (χ0) is 15.2. The first-order valence-corrected chi connectivity index (χ1v) is 7.79. The molecule has 0 aromatic carbocycles. The number of nitrogens with two attached hydrogens (primary N) is 1. The molecule has 1 aliphatic heterocycles. The average Bonchev–Trinajstić information content (AvgIpc) is 2.91. The quantitative estimate of drug-likeness (QED) is 0.396. The molecule has 0 spiro atoms. The van der Waals surface area contributed by atoms with Gasteiger partial charge in [0.1, 0.15) is 0 Å². The molecule has 5 atom stereocenters. The lowest BCUT2D eigenvalue weighted by Crippen LogP contribution is -2.51. The van der Waals surface area contributed by atoms with Gasteiger partial charge in [0.15, 0.2) is 6.29 Å². The molecule has 2 fully saturated rings. The van der Waals surface area contributed by atoms with E-state index in [1.165, 1.54) is 0 Å². The maximum absolute atomic E-state index is 9.15. The van der Waals surface area contributed by atoms with E-state index < -0.39 is 0 Å². The lowest BCUT2D eigenvalue weighted by atomic mass is 9.88. The van der Waals surface area contributed by atoms with Gasteiger partial charge in [-0.3, -0.25) is 0 Å². The van der Waals surface area contributed by atoms with Gasteiger partial charge in [0.25, 0.3) is 0 Å². The minimum absolute atomic E-state index is 0.00623. The Morgan fingerprint density at radius 2 is 1.90 bits per heavy atom. The molecule has 2 aliphatic rings. The fraction of sp³-hybridized carbons (Fsp3) is 1.00. The Labute approximate surface area is 125 Å². The normalized spacial score (nSPS) is 37.3. The molecule has 0 amide bonds. The first-order valence-electron chi connectivity index (χ1n) is 7.79. The van der Waals surface area contributed by atoms with Gasteiger partial charge in [-0.1, -0.05) is 0 Å². The average molecular weight is 304 g/mol. The van der Waals surface area contributed by atoms with Crippen LogP contribution in [-0.2, 0) is 9.47 Å². The van der Waals surface area contributed by atoms with Crippen molar-refractivity contribution in [3.63, 3.8) is 0 Å². The van der Waals surface area contributed by atoms with Gasteiger partial charge in [-0.15, -0.1) is 0 Å². The Hall–Kier alpha value is -0.280. The molecule has 124 valence electrons. The molecule has 1 heterocycles. The molecule has 0 aromatic heterocycles. The predicted molar refractivity (Wildman–Crippen MR) is 76.6 cm³/mol. The first kappa shape index (κ1) is 17.1. The maximum Gasteiger partial charge on any atom is 0.158 e. The summed E-state index contributed by atoms with van der Waals surface area (Å²) in [5.74, 6) is 0. The number of aliphatic hydroxyl groups is 3. The van der Waals surface area contributed by atoms with Crippen LogP contribution in [0.3, 0.4) is 0 Å². The van der Waals surface area contributed by atoms with Crippen molar-refractivity contribution in [2.45, 2.75) is 68.7 Å². The first-order chi connectivity index (χ1) is 10.1. The Balaban J connectivity index is 1.80. The van der Waals surface area contributed by atoms with Gasteiger partial charge in [0.2, 0.25) is 0 Å². The highest BCUT2D eigenvalue weighted by Gasteiger charge is 2.33. The molecule has 1 aliphatic carbocycles. The molecule has 21 heavy (non-hydrogen) atoms. The second-order valence-electron chi connectivity index (χ2n) is 6.10. The highest BCUT2D eigenvalue weighted by Crippen LogP contribution is 2.27. The van der Waals surface area contributed by atoms with Crippen LogP contribution in [0.2, 0.25) is 0 Å². The number of hydrogen-bond acceptors (Lipinski definition) is 7. The van der Waals surface area contributed by atoms with E-state index in [9.17, 15) is 0 Å². The van der Waals surface area contributed by atoms with Crippen molar-refractivity contribution < 1.29 is 24.8 Å². The zero-order valence-electron chi connectivity index (χ0n) is 12.4. The van der Waals surface area contributed by atoms with Crippen LogP contribution in [0.1, 0.15) is 32.1 Å². The van der Waals surface area contributed by atoms with Gasteiger partial charge in [-0.25, -0.2) is 0 Å². The van der Waals surface area contributed by atoms with Crippen molar-refractivity contribution >= 4 is 0 Å². The largest absolute Gasteiger partial charge is 0.395 e. The van der Waals surface area contributed by atoms with Crippen LogP contribution < -0.4 is 11.1 Å². The van der Waals surface area contributed by atoms with Crippen LogP contribution in [0, 0.1) is 0 Å². The van der Waals surface area contributed by atoms with Crippen LogP contribution in [-0.4, -0.2) is 71.8 Å². The van der Waals surface area contributed by atoms with E-state index in [1.807, 2.05) is 0 Å². The van der Waals surface area contributed by atoms with Crippen molar-refractivity contribution in [1.82, 2.24) is 5.32 Å². The van der Waals surface area contributed by atoms with Crippen molar-refractivity contribution in [1.29, 1.82) is 0 Å². The Bertz CT molecular complexity index is 303. The Morgan fingerprint density at radius 3 is 2.52 bits per heavy atom. The maximum atomic E-state index is 9.15. The van der Waals surface area contributed by atoms with E-state index in [4.69, 9.17) is 30.5 Å². The van der Waals surface area contributed by atoms with Crippen molar-refractivity contribution in [2.24, 2.45) is 5.73 Å². The van der Waals surface area contributed by atoms with Gasteiger partial charge in [-0.05, 0) is 25.7 Å². The van der Waals surface area contributed by atoms with Gasteiger partial charge < -0.3 is 35.8 Å². The molecule has 0 radical (unpaired) electrons. The molecule has 0 bridgehead atoms. The molecular weight excluding hydrogens is 276 g/mol. The van der Waals surface area contributed by atoms with Gasteiger partial charge in [-0.2, -0.15) is 0 Å². The lowest BCUT2D eigenvalue weighted by Gasteiger charge is -2.36. The van der Waals surface area contributed by atoms with E-state index in [0.29, 0.717) is 0 Å². The second-order valence-corrected chi connectivity index (χ2v) is 6.10. The summed E-state index contributed by atoms with van der Waals surface area (Å²) in [6, 6.07) is -0.158. The summed E-state index contributed by atoms with van der Waals surface area (Å²) in [6.07, 6.45) is 3.62. The third-order valence-corrected chi connectivity index (χ3v) is 4.23. The van der Waals surface area contributed by atoms with E-state index in [-0.39, 0.29) is 56.4 Å². The summed E-state index contributed by atoms with van der Waals surface area (Å²) in [5.41, 5.74) is 6.08. The molecule has 5 unspecified atom stereocenters. The van der Waals surface area contributed by atoms with Gasteiger partial charge in [0, 0.05) is 18.5 Å². The number of hydrogen-bond donors (Lipinski definition) is 5. The van der Waals surface area contributed by atoms with Crippen molar-refractivity contribution in [3.05, 3.63) is 0 Å². The summed E-state index contributed by atoms with van der Waals surface area (Å²) in [7, 11) is 0. The molecule has 0 aromatic rings. The summed E-state index contributed by atoms with van der Waals surface area (Å²) < 4.78 is 11.5. The SMILES string of the molecule is NC1CC(NC(CO)CO)CC(OC2CCC(CO)O2)C1. The number of ether oxygens (including phenoxy) is 2. The molecule has 6 N–H and O–H groups in total. The minimum atomic E-state index is -0.317. The van der Waals surface area contributed by atoms with Crippen LogP contribution in [0.4, 0.5) is 0 Å². The van der Waals surface area contributed by atoms with E-state index >= 15 is 0 Å². The fourth-order valence-electron chi connectivity index (χ4n) is 3.17. The summed E-state index contributed by atoms with van der Waals surface area (Å²) in [5, 5.41) is 30.6. The topological polar surface area (TPSA) is 117 Å². The van der Waals surface area contributed by atoms with Crippen molar-refractivity contribution in [2.75, 3.05) is 19.8 Å². The monoisotopic (exact) mass is 304 g/mol. The van der Waals surface area contributed by atoms with Gasteiger partial charge in [0.05, 0.1) is 38.1 Å². The second kappa shape index (κ2) is 8.38. The van der Waals surface area contributed by atoms with Gasteiger partial charge >= 0.3 is 0 Å². The fourth-order valence-corrected chi connectivity index (χ4v) is 3.17. The Morgan fingerprint density at radius 1 is 1.14 bits per heavy atom. The number of rotatable bonds is 7. The van der Waals surface area contributed by atoms with Crippen LogP contribution in [0.25, 0.3) is 0 Å². The van der Waals surface area contributed by atoms with Crippen LogP contribution in [0.15, 0.2) is 0 Å². The number of nitrogens with one attached hydrogen (secondary N) is 1. The molecule has 7 nitrogen and oxygen atoms in total. The van der Waals surface area contributed by atoms with Crippen molar-refractivity contribution in [3.8, 4) is 0 Å². The Kier molecular flexibility index (Phi) is 6.81. The highest BCUT2D eigenvalue weighted by atomic mass is 16.7. The molecule has 1 saturated carbocycles. The zero-order valence-corrected chi connectivity index (χ0v) is 12.4. The summed E-state index contributed by atoms with van der Waals surface area (Å²) >= 11 is 0. The third-order valence-electron chi connectivity index (χ3n) is 4.23. The lowest BCUT2D eigenvalue weighted by molar-refractivity contribution is -0.175. The molecule has 1 saturated heterocycles. The number of aliphatic hydroxyl groups excluding tert-OH is 3. The van der Waals surface area contributed by atoms with Crippen LogP contribution in [0.5, 0.6) is 0 Å². The predicted octanol–water partition coefficient (Wildman–Crippen LogP) is -1.31. The van der Waals surface area contributed by atoms with E-state index in [1.54, 1.807) is 0 Å². The van der Waals surface area contributed by atoms with E-state index in [2.05, 4.69) is 5.32 Å². The third kappa shape index (κ3) is 5.14. The molecule has 7 heteroatoms. The van der Waals surface area contributed by atoms with Crippen LogP contribution >= 0.6 is 0 Å². The minimum Gasteiger partial charge on any atom is -0.395 e. The summed E-state index contributed by atoms with van der Waals surface area (Å²) in [4.78, 5) is 0. The van der Waals surface area contributed by atoms with E-state index in [0.717, 1.165) is 32.1 Å².